The summed E-state index contributed by atoms with van der Waals surface area (Å²) < 4.78 is 6.92. The minimum Gasteiger partial charge on any atom is -0.455 e. The third-order valence-corrected chi connectivity index (χ3v) is 11.5. The van der Waals surface area contributed by atoms with Crippen molar-refractivity contribution in [3.05, 3.63) is 235 Å². The molecule has 11 rings (SSSR count). The summed E-state index contributed by atoms with van der Waals surface area (Å²) in [5.74, 6) is 0. The second kappa shape index (κ2) is 12.5. The monoisotopic (exact) mass is 701 g/mol. The average molecular weight is 702 g/mol. The van der Waals surface area contributed by atoms with E-state index in [0.29, 0.717) is 0 Å². The van der Waals surface area contributed by atoms with E-state index in [1.54, 1.807) is 0 Å². The Hall–Kier alpha value is -7.16. The van der Waals surface area contributed by atoms with Crippen molar-refractivity contribution in [2.45, 2.75) is 5.41 Å². The quantitative estimate of drug-likeness (QED) is 0.172. The zero-order chi connectivity index (χ0) is 36.3. The van der Waals surface area contributed by atoms with Crippen molar-refractivity contribution in [1.29, 1.82) is 0 Å². The molecule has 55 heavy (non-hydrogen) atoms. The van der Waals surface area contributed by atoms with Gasteiger partial charge in [-0.05, 0) is 92.4 Å². The van der Waals surface area contributed by atoms with Gasteiger partial charge in [0.15, 0.2) is 0 Å². The van der Waals surface area contributed by atoms with Gasteiger partial charge in [-0.25, -0.2) is 0 Å². The van der Waals surface area contributed by atoms with Crippen molar-refractivity contribution in [3.63, 3.8) is 0 Å². The zero-order valence-electron chi connectivity index (χ0n) is 30.1. The van der Waals surface area contributed by atoms with Crippen LogP contribution in [0.4, 0.5) is 17.1 Å². The topological polar surface area (TPSA) is 16.4 Å². The van der Waals surface area contributed by atoms with Gasteiger partial charge in [-0.1, -0.05) is 170 Å². The lowest BCUT2D eigenvalue weighted by atomic mass is 9.66. The van der Waals surface area contributed by atoms with Gasteiger partial charge in [0, 0.05) is 22.1 Å². The zero-order valence-corrected chi connectivity index (χ0v) is 30.1. The van der Waals surface area contributed by atoms with E-state index in [1.165, 1.54) is 44.5 Å². The molecule has 1 aliphatic carbocycles. The molecule has 258 valence electrons. The molecular weight excluding hydrogens is 667 g/mol. The molecule has 0 saturated heterocycles. The number of hydrogen-bond acceptors (Lipinski definition) is 2. The van der Waals surface area contributed by atoms with Crippen LogP contribution < -0.4 is 4.90 Å². The predicted molar refractivity (Wildman–Crippen MR) is 229 cm³/mol. The minimum atomic E-state index is -0.540. The third-order valence-electron chi connectivity index (χ3n) is 11.5. The molecule has 0 N–H and O–H groups in total. The number of furan rings is 1. The second-order valence-corrected chi connectivity index (χ2v) is 14.4. The molecule has 0 amide bonds. The molecule has 0 saturated carbocycles. The molecule has 0 bridgehead atoms. The molecule has 0 spiro atoms. The van der Waals surface area contributed by atoms with Gasteiger partial charge in [0.2, 0.25) is 0 Å². The number of anilines is 3. The number of benzene rings is 9. The highest BCUT2D eigenvalue weighted by atomic mass is 16.3. The van der Waals surface area contributed by atoms with E-state index < -0.39 is 5.41 Å². The first kappa shape index (κ1) is 31.4. The number of fused-ring (bicyclic) bond motifs is 8. The molecule has 0 radical (unpaired) electrons. The Labute approximate surface area is 320 Å². The predicted octanol–water partition coefficient (Wildman–Crippen LogP) is 14.2. The fourth-order valence-electron chi connectivity index (χ4n) is 9.35. The van der Waals surface area contributed by atoms with Crippen LogP contribution in [-0.2, 0) is 5.41 Å². The van der Waals surface area contributed by atoms with Gasteiger partial charge >= 0.3 is 0 Å². The summed E-state index contributed by atoms with van der Waals surface area (Å²) >= 11 is 0. The molecule has 2 nitrogen and oxygen atoms in total. The average Bonchev–Trinajstić information content (AvgIpc) is 3.80. The maximum Gasteiger partial charge on any atom is 0.143 e. The number of hydrogen-bond donors (Lipinski definition) is 0. The molecule has 10 aromatic rings. The van der Waals surface area contributed by atoms with Crippen molar-refractivity contribution in [2.75, 3.05) is 4.90 Å². The van der Waals surface area contributed by atoms with Crippen molar-refractivity contribution >= 4 is 49.8 Å². The van der Waals surface area contributed by atoms with E-state index in [2.05, 4.69) is 217 Å². The smallest absolute Gasteiger partial charge is 0.143 e. The van der Waals surface area contributed by atoms with E-state index >= 15 is 0 Å². The van der Waals surface area contributed by atoms with Crippen LogP contribution >= 0.6 is 0 Å². The first-order valence-corrected chi connectivity index (χ1v) is 18.9. The Bertz CT molecular complexity index is 2940. The highest BCUT2D eigenvalue weighted by molar-refractivity contribution is 6.23. The van der Waals surface area contributed by atoms with Crippen LogP contribution in [0, 0.1) is 0 Å². The van der Waals surface area contributed by atoms with E-state index in [-0.39, 0.29) is 0 Å². The molecule has 0 atom stereocenters. The summed E-state index contributed by atoms with van der Waals surface area (Å²) in [6, 6.07) is 76.8. The van der Waals surface area contributed by atoms with Gasteiger partial charge in [0.25, 0.3) is 0 Å². The minimum absolute atomic E-state index is 0.540. The number of nitrogens with zero attached hydrogens (tertiary/aromatic N) is 1. The molecule has 0 fully saturated rings. The molecule has 2 heteroatoms. The van der Waals surface area contributed by atoms with Gasteiger partial charge in [-0.3, -0.25) is 0 Å². The van der Waals surface area contributed by atoms with Crippen LogP contribution in [0.25, 0.3) is 55.0 Å². The van der Waals surface area contributed by atoms with Crippen LogP contribution in [0.2, 0.25) is 0 Å². The molecule has 0 aliphatic heterocycles. The summed E-state index contributed by atoms with van der Waals surface area (Å²) in [5.41, 5.74) is 14.5. The molecule has 1 aliphatic rings. The van der Waals surface area contributed by atoms with Gasteiger partial charge in [0.05, 0.1) is 16.5 Å². The molecular formula is C53H35NO. The summed E-state index contributed by atoms with van der Waals surface area (Å²) in [6.07, 6.45) is 0. The largest absolute Gasteiger partial charge is 0.455 e. The Balaban J connectivity index is 1.27. The van der Waals surface area contributed by atoms with Crippen molar-refractivity contribution in [2.24, 2.45) is 0 Å². The lowest BCUT2D eigenvalue weighted by Gasteiger charge is -2.35. The summed E-state index contributed by atoms with van der Waals surface area (Å²) in [7, 11) is 0. The van der Waals surface area contributed by atoms with Crippen molar-refractivity contribution in [1.82, 2.24) is 0 Å². The fraction of sp³-hybridized carbons (Fsp3) is 0.0189. The third kappa shape index (κ3) is 4.62. The van der Waals surface area contributed by atoms with Crippen LogP contribution in [0.5, 0.6) is 0 Å². The highest BCUT2D eigenvalue weighted by Gasteiger charge is 2.47. The first-order valence-electron chi connectivity index (χ1n) is 18.9. The second-order valence-electron chi connectivity index (χ2n) is 14.4. The Kier molecular flexibility index (Phi) is 7.11. The van der Waals surface area contributed by atoms with Crippen LogP contribution in [0.3, 0.4) is 0 Å². The van der Waals surface area contributed by atoms with Gasteiger partial charge in [-0.15, -0.1) is 0 Å². The van der Waals surface area contributed by atoms with Gasteiger partial charge < -0.3 is 9.32 Å². The maximum absolute atomic E-state index is 6.92. The SMILES string of the molecule is c1ccc(N(c2ccccc2)c2cccc3oc4c5ccccc5c(-c5cccc6c5C(c5ccccc5)(c5ccccc5)c5ccccc5-6)cc4c23)cc1. The summed E-state index contributed by atoms with van der Waals surface area (Å²) in [6.45, 7) is 0. The summed E-state index contributed by atoms with van der Waals surface area (Å²) in [5, 5.41) is 4.44. The summed E-state index contributed by atoms with van der Waals surface area (Å²) in [4.78, 5) is 2.35. The first-order chi connectivity index (χ1) is 27.3. The Morgan fingerprint density at radius 2 is 0.891 bits per heavy atom. The molecule has 1 aromatic heterocycles. The standard InChI is InChI=1S/C53H35NO/c1-5-19-36(20-6-1)53(37-21-7-2-8-22-37)47-32-16-15-28-41(47)42-30-17-31-43(51(42)53)45-35-46-50-48(54(38-23-9-3-10-24-38)39-25-11-4-12-26-39)33-18-34-49(50)55-52(46)44-29-14-13-27-40(44)45/h1-35H. The molecule has 1 heterocycles. The normalized spacial score (nSPS) is 12.9. The lowest BCUT2D eigenvalue weighted by Crippen LogP contribution is -2.29. The van der Waals surface area contributed by atoms with Crippen LogP contribution in [0.1, 0.15) is 22.3 Å². The van der Waals surface area contributed by atoms with Crippen LogP contribution in [-0.4, -0.2) is 0 Å². The van der Waals surface area contributed by atoms with E-state index in [4.69, 9.17) is 4.42 Å². The number of para-hydroxylation sites is 2. The number of rotatable bonds is 6. The Morgan fingerprint density at radius 3 is 1.55 bits per heavy atom. The van der Waals surface area contributed by atoms with Gasteiger partial charge in [0.1, 0.15) is 11.2 Å². The fourth-order valence-corrected chi connectivity index (χ4v) is 9.35. The maximum atomic E-state index is 6.92. The lowest BCUT2D eigenvalue weighted by molar-refractivity contribution is 0.672. The van der Waals surface area contributed by atoms with Crippen molar-refractivity contribution in [3.8, 4) is 22.3 Å². The Morgan fingerprint density at radius 1 is 0.382 bits per heavy atom. The van der Waals surface area contributed by atoms with Crippen LogP contribution in [0.15, 0.2) is 217 Å². The molecule has 0 unspecified atom stereocenters. The van der Waals surface area contributed by atoms with Gasteiger partial charge in [-0.2, -0.15) is 0 Å². The van der Waals surface area contributed by atoms with E-state index in [9.17, 15) is 0 Å². The van der Waals surface area contributed by atoms with E-state index in [1.807, 2.05) is 0 Å². The highest BCUT2D eigenvalue weighted by Crippen LogP contribution is 2.59. The van der Waals surface area contributed by atoms with Crippen molar-refractivity contribution < 1.29 is 4.42 Å². The van der Waals surface area contributed by atoms with E-state index in [0.717, 1.165) is 49.8 Å². The molecule has 9 aromatic carbocycles.